The molecule has 0 aliphatic heterocycles. The summed E-state index contributed by atoms with van der Waals surface area (Å²) in [5.74, 6) is -0.553. The number of halogens is 1. The zero-order valence-corrected chi connectivity index (χ0v) is 12.5. The first-order valence-electron chi connectivity index (χ1n) is 6.83. The van der Waals surface area contributed by atoms with Crippen LogP contribution in [0, 0.1) is 26.6 Å². The lowest BCUT2D eigenvalue weighted by Gasteiger charge is -2.12. The number of nitrogens with one attached hydrogen (secondary N) is 2. The molecule has 0 atom stereocenters. The van der Waals surface area contributed by atoms with Gasteiger partial charge in [-0.05, 0) is 49.6 Å². The van der Waals surface area contributed by atoms with Crippen molar-refractivity contribution in [3.8, 4) is 0 Å². The molecular weight excluding hydrogens is 267 g/mol. The summed E-state index contributed by atoms with van der Waals surface area (Å²) in [6, 6.07) is 10.7. The van der Waals surface area contributed by atoms with E-state index in [1.54, 1.807) is 12.1 Å². The molecule has 2 rings (SSSR count). The molecule has 0 aliphatic carbocycles. The van der Waals surface area contributed by atoms with Gasteiger partial charge in [-0.15, -0.1) is 0 Å². The van der Waals surface area contributed by atoms with E-state index in [0.717, 1.165) is 22.4 Å². The highest BCUT2D eigenvalue weighted by Crippen LogP contribution is 2.19. The molecule has 0 radical (unpaired) electrons. The normalized spacial score (nSPS) is 10.3. The molecule has 2 aromatic rings. The van der Waals surface area contributed by atoms with E-state index in [9.17, 15) is 9.18 Å². The van der Waals surface area contributed by atoms with Crippen molar-refractivity contribution in [2.24, 2.45) is 0 Å². The summed E-state index contributed by atoms with van der Waals surface area (Å²) in [7, 11) is 0. The molecule has 0 saturated heterocycles. The molecule has 0 bridgehead atoms. The number of hydrogen-bond donors (Lipinski definition) is 2. The van der Waals surface area contributed by atoms with E-state index in [1.807, 2.05) is 39.0 Å². The molecule has 0 saturated carbocycles. The number of amides is 1. The largest absolute Gasteiger partial charge is 0.374 e. The van der Waals surface area contributed by atoms with E-state index in [1.165, 1.54) is 6.07 Å². The number of carbonyl (C=O) groups is 1. The molecule has 0 heterocycles. The van der Waals surface area contributed by atoms with Gasteiger partial charge in [0.05, 0.1) is 12.2 Å². The minimum atomic E-state index is -0.352. The van der Waals surface area contributed by atoms with E-state index >= 15 is 0 Å². The van der Waals surface area contributed by atoms with Gasteiger partial charge in [0.2, 0.25) is 5.91 Å². The number of carbonyl (C=O) groups excluding carboxylic acids is 1. The van der Waals surface area contributed by atoms with Gasteiger partial charge >= 0.3 is 0 Å². The molecule has 0 spiro atoms. The van der Waals surface area contributed by atoms with Crippen molar-refractivity contribution in [3.05, 3.63) is 58.9 Å². The maximum absolute atomic E-state index is 13.7. The molecular formula is C17H19FN2O. The molecule has 0 aromatic heterocycles. The summed E-state index contributed by atoms with van der Waals surface area (Å²) in [4.78, 5) is 12.0. The van der Waals surface area contributed by atoms with Crippen LogP contribution in [-0.4, -0.2) is 12.5 Å². The van der Waals surface area contributed by atoms with Crippen LogP contribution in [0.4, 0.5) is 15.8 Å². The Morgan fingerprint density at radius 2 is 1.76 bits per heavy atom. The third kappa shape index (κ3) is 3.81. The average Bonchev–Trinajstić information content (AvgIpc) is 2.42. The standard InChI is InChI=1S/C17H19FN2O/c1-11-7-8-15(14(18)9-11)19-10-16(21)20-17-12(2)5-4-6-13(17)3/h4-9,19H,10H2,1-3H3,(H,20,21). The number of rotatable bonds is 4. The highest BCUT2D eigenvalue weighted by atomic mass is 19.1. The molecule has 3 nitrogen and oxygen atoms in total. The Morgan fingerprint density at radius 1 is 1.10 bits per heavy atom. The monoisotopic (exact) mass is 286 g/mol. The Morgan fingerprint density at radius 3 is 2.38 bits per heavy atom. The van der Waals surface area contributed by atoms with Gasteiger partial charge in [-0.25, -0.2) is 4.39 Å². The van der Waals surface area contributed by atoms with Crippen molar-refractivity contribution >= 4 is 17.3 Å². The molecule has 4 heteroatoms. The lowest BCUT2D eigenvalue weighted by molar-refractivity contribution is -0.114. The second-order valence-electron chi connectivity index (χ2n) is 5.15. The third-order valence-electron chi connectivity index (χ3n) is 3.31. The topological polar surface area (TPSA) is 41.1 Å². The summed E-state index contributed by atoms with van der Waals surface area (Å²) in [5.41, 5.74) is 4.00. The van der Waals surface area contributed by atoms with Gasteiger partial charge in [-0.1, -0.05) is 24.3 Å². The van der Waals surface area contributed by atoms with Gasteiger partial charge in [-0.2, -0.15) is 0 Å². The van der Waals surface area contributed by atoms with E-state index < -0.39 is 0 Å². The highest BCUT2D eigenvalue weighted by molar-refractivity contribution is 5.95. The van der Waals surface area contributed by atoms with E-state index in [2.05, 4.69) is 10.6 Å². The van der Waals surface area contributed by atoms with Gasteiger partial charge in [0.15, 0.2) is 0 Å². The van der Waals surface area contributed by atoms with Crippen molar-refractivity contribution in [2.45, 2.75) is 20.8 Å². The summed E-state index contributed by atoms with van der Waals surface area (Å²) in [6.45, 7) is 5.72. The fourth-order valence-corrected chi connectivity index (χ4v) is 2.13. The minimum absolute atomic E-state index is 0.0216. The van der Waals surface area contributed by atoms with Crippen molar-refractivity contribution in [2.75, 3.05) is 17.2 Å². The fraction of sp³-hybridized carbons (Fsp3) is 0.235. The molecule has 1 amide bonds. The number of anilines is 2. The predicted octanol–water partition coefficient (Wildman–Crippen LogP) is 3.80. The Bertz CT molecular complexity index is 648. The molecule has 0 fully saturated rings. The van der Waals surface area contributed by atoms with Crippen molar-refractivity contribution in [1.29, 1.82) is 0 Å². The summed E-state index contributed by atoms with van der Waals surface area (Å²) in [6.07, 6.45) is 0. The summed E-state index contributed by atoms with van der Waals surface area (Å²) in [5, 5.41) is 5.67. The molecule has 110 valence electrons. The number of benzene rings is 2. The lowest BCUT2D eigenvalue weighted by Crippen LogP contribution is -2.23. The second-order valence-corrected chi connectivity index (χ2v) is 5.15. The van der Waals surface area contributed by atoms with E-state index in [4.69, 9.17) is 0 Å². The average molecular weight is 286 g/mol. The van der Waals surface area contributed by atoms with Gasteiger partial charge < -0.3 is 10.6 Å². The maximum atomic E-state index is 13.7. The van der Waals surface area contributed by atoms with Crippen LogP contribution in [0.5, 0.6) is 0 Å². The molecule has 21 heavy (non-hydrogen) atoms. The lowest BCUT2D eigenvalue weighted by atomic mass is 10.1. The minimum Gasteiger partial charge on any atom is -0.374 e. The van der Waals surface area contributed by atoms with Crippen LogP contribution in [0.15, 0.2) is 36.4 Å². The Labute approximate surface area is 124 Å². The van der Waals surface area contributed by atoms with Gasteiger partial charge in [0.1, 0.15) is 5.82 Å². The molecule has 2 aromatic carbocycles. The van der Waals surface area contributed by atoms with Crippen LogP contribution in [0.3, 0.4) is 0 Å². The zero-order valence-electron chi connectivity index (χ0n) is 12.5. The van der Waals surface area contributed by atoms with Gasteiger partial charge in [-0.3, -0.25) is 4.79 Å². The van der Waals surface area contributed by atoms with Gasteiger partial charge in [0.25, 0.3) is 0 Å². The fourth-order valence-electron chi connectivity index (χ4n) is 2.13. The van der Waals surface area contributed by atoms with Crippen molar-refractivity contribution in [1.82, 2.24) is 0 Å². The Hall–Kier alpha value is -2.36. The molecule has 0 aliphatic rings. The summed E-state index contributed by atoms with van der Waals surface area (Å²) < 4.78 is 13.7. The van der Waals surface area contributed by atoms with Crippen LogP contribution in [-0.2, 0) is 4.79 Å². The zero-order chi connectivity index (χ0) is 15.4. The van der Waals surface area contributed by atoms with Crippen LogP contribution >= 0.6 is 0 Å². The van der Waals surface area contributed by atoms with Crippen LogP contribution in [0.1, 0.15) is 16.7 Å². The first kappa shape index (κ1) is 15.0. The Kier molecular flexibility index (Phi) is 4.58. The van der Waals surface area contributed by atoms with Crippen molar-refractivity contribution in [3.63, 3.8) is 0 Å². The number of para-hydroxylation sites is 1. The summed E-state index contributed by atoms with van der Waals surface area (Å²) >= 11 is 0. The van der Waals surface area contributed by atoms with E-state index in [0.29, 0.717) is 5.69 Å². The number of aryl methyl sites for hydroxylation is 3. The Balaban J connectivity index is 1.99. The maximum Gasteiger partial charge on any atom is 0.243 e. The second kappa shape index (κ2) is 6.39. The highest BCUT2D eigenvalue weighted by Gasteiger charge is 2.08. The van der Waals surface area contributed by atoms with E-state index in [-0.39, 0.29) is 18.3 Å². The van der Waals surface area contributed by atoms with Crippen molar-refractivity contribution < 1.29 is 9.18 Å². The smallest absolute Gasteiger partial charge is 0.243 e. The first-order chi connectivity index (χ1) is 9.97. The van der Waals surface area contributed by atoms with Gasteiger partial charge in [0, 0.05) is 5.69 Å². The third-order valence-corrected chi connectivity index (χ3v) is 3.31. The number of hydrogen-bond acceptors (Lipinski definition) is 2. The van der Waals surface area contributed by atoms with Crippen LogP contribution in [0.2, 0.25) is 0 Å². The SMILES string of the molecule is Cc1ccc(NCC(=O)Nc2c(C)cccc2C)c(F)c1. The molecule has 0 unspecified atom stereocenters. The van der Waals surface area contributed by atoms with Crippen LogP contribution < -0.4 is 10.6 Å². The quantitative estimate of drug-likeness (QED) is 0.897. The van der Waals surface area contributed by atoms with Crippen LogP contribution in [0.25, 0.3) is 0 Å². The molecule has 2 N–H and O–H groups in total. The predicted molar refractivity (Wildman–Crippen MR) is 84.2 cm³/mol. The first-order valence-corrected chi connectivity index (χ1v) is 6.83.